The topological polar surface area (TPSA) is 81.4 Å². The zero-order chi connectivity index (χ0) is 19.5. The van der Waals surface area contributed by atoms with E-state index in [-0.39, 0.29) is 17.7 Å². The Morgan fingerprint density at radius 3 is 2.71 bits per heavy atom. The van der Waals surface area contributed by atoms with Crippen molar-refractivity contribution >= 4 is 17.6 Å². The number of anilines is 1. The molecule has 1 unspecified atom stereocenters. The van der Waals surface area contributed by atoms with Crippen LogP contribution in [0.25, 0.3) is 0 Å². The van der Waals surface area contributed by atoms with Crippen LogP contribution in [0.5, 0.6) is 0 Å². The maximum atomic E-state index is 13.0. The highest BCUT2D eigenvalue weighted by Crippen LogP contribution is 2.18. The first-order chi connectivity index (χ1) is 13.6. The number of aryl methyl sites for hydroxylation is 1. The lowest BCUT2D eigenvalue weighted by atomic mass is 10.0. The van der Waals surface area contributed by atoms with E-state index < -0.39 is 6.10 Å². The number of nitrogens with zero attached hydrogens (tertiary/aromatic N) is 4. The van der Waals surface area contributed by atoms with Crippen molar-refractivity contribution < 1.29 is 14.0 Å². The van der Waals surface area contributed by atoms with E-state index in [1.165, 1.54) is 17.7 Å². The molecule has 8 heteroatoms. The van der Waals surface area contributed by atoms with E-state index in [0.29, 0.717) is 18.7 Å². The molecule has 142 valence electrons. The molecule has 3 aromatic rings. The van der Waals surface area contributed by atoms with Gasteiger partial charge in [0.2, 0.25) is 12.1 Å². The third kappa shape index (κ3) is 4.06. The predicted molar refractivity (Wildman–Crippen MR) is 101 cm³/mol. The second kappa shape index (κ2) is 7.59. The number of hydrogen-bond donors (Lipinski definition) is 1. The molecule has 1 aliphatic rings. The van der Waals surface area contributed by atoms with E-state index in [9.17, 15) is 9.18 Å². The molecular formula is C20H18FN5O2. The summed E-state index contributed by atoms with van der Waals surface area (Å²) in [5.74, 6) is -0.505. The minimum atomic E-state index is -0.774. The molecule has 1 aliphatic heterocycles. The van der Waals surface area contributed by atoms with Gasteiger partial charge in [0, 0.05) is 6.42 Å². The molecule has 1 aromatic heterocycles. The summed E-state index contributed by atoms with van der Waals surface area (Å²) in [7, 11) is 0. The van der Waals surface area contributed by atoms with Crippen LogP contribution in [0.15, 0.2) is 60.0 Å². The summed E-state index contributed by atoms with van der Waals surface area (Å²) < 4.78 is 14.7. The van der Waals surface area contributed by atoms with E-state index in [1.54, 1.807) is 23.1 Å². The molecule has 0 radical (unpaired) electrons. The number of nitrogens with one attached hydrogen (secondary N) is 1. The van der Waals surface area contributed by atoms with Gasteiger partial charge in [0.05, 0.1) is 12.3 Å². The van der Waals surface area contributed by atoms with Crippen LogP contribution in [-0.2, 0) is 16.2 Å². The van der Waals surface area contributed by atoms with E-state index in [1.807, 2.05) is 31.2 Å². The minimum Gasteiger partial charge on any atom is -0.382 e. The van der Waals surface area contributed by atoms with Crippen molar-refractivity contribution in [2.24, 2.45) is 5.16 Å². The average molecular weight is 379 g/mol. The molecule has 1 N–H and O–H groups in total. The number of benzene rings is 2. The fourth-order valence-electron chi connectivity index (χ4n) is 2.83. The molecule has 7 nitrogen and oxygen atoms in total. The van der Waals surface area contributed by atoms with Gasteiger partial charge in [-0.25, -0.2) is 14.1 Å². The number of hydrogen-bond acceptors (Lipinski definition) is 5. The van der Waals surface area contributed by atoms with Gasteiger partial charge < -0.3 is 4.84 Å². The number of oxime groups is 1. The molecule has 0 aliphatic carbocycles. The predicted octanol–water partition coefficient (Wildman–Crippen LogP) is 2.91. The lowest BCUT2D eigenvalue weighted by Crippen LogP contribution is -2.28. The summed E-state index contributed by atoms with van der Waals surface area (Å²) in [6.45, 7) is 2.59. The van der Waals surface area contributed by atoms with Gasteiger partial charge in [-0.15, -0.1) is 5.10 Å². The van der Waals surface area contributed by atoms with Gasteiger partial charge >= 0.3 is 0 Å². The number of amides is 1. The Morgan fingerprint density at radius 1 is 1.21 bits per heavy atom. The van der Waals surface area contributed by atoms with Crippen molar-refractivity contribution in [2.75, 3.05) is 5.32 Å². The lowest BCUT2D eigenvalue weighted by molar-refractivity contribution is -0.125. The number of aromatic nitrogens is 3. The van der Waals surface area contributed by atoms with Crippen LogP contribution in [0, 0.1) is 12.7 Å². The van der Waals surface area contributed by atoms with Gasteiger partial charge in [-0.2, -0.15) is 0 Å². The molecule has 0 bridgehead atoms. The van der Waals surface area contributed by atoms with Crippen LogP contribution in [0.4, 0.5) is 10.3 Å². The van der Waals surface area contributed by atoms with Gasteiger partial charge in [-0.3, -0.25) is 10.1 Å². The molecule has 4 rings (SSSR count). The van der Waals surface area contributed by atoms with Crippen molar-refractivity contribution in [1.29, 1.82) is 0 Å². The van der Waals surface area contributed by atoms with Gasteiger partial charge in [0.1, 0.15) is 12.1 Å². The zero-order valence-corrected chi connectivity index (χ0v) is 15.2. The highest BCUT2D eigenvalue weighted by atomic mass is 19.1. The second-order valence-corrected chi connectivity index (χ2v) is 6.58. The third-order valence-corrected chi connectivity index (χ3v) is 4.38. The molecule has 2 aromatic carbocycles. The summed E-state index contributed by atoms with van der Waals surface area (Å²) in [5.41, 5.74) is 3.59. The molecular weight excluding hydrogens is 361 g/mol. The van der Waals surface area contributed by atoms with Crippen molar-refractivity contribution in [1.82, 2.24) is 14.8 Å². The van der Waals surface area contributed by atoms with Crippen LogP contribution >= 0.6 is 0 Å². The van der Waals surface area contributed by atoms with Gasteiger partial charge in [0.25, 0.3) is 5.91 Å². The summed E-state index contributed by atoms with van der Waals surface area (Å²) in [6.07, 6.45) is 1.08. The average Bonchev–Trinajstić information content (AvgIpc) is 3.34. The van der Waals surface area contributed by atoms with Crippen LogP contribution < -0.4 is 5.32 Å². The summed E-state index contributed by atoms with van der Waals surface area (Å²) in [5, 5.41) is 10.8. The Bertz CT molecular complexity index is 1010. The number of rotatable bonds is 5. The number of carbonyl (C=O) groups excluding carboxylic acids is 1. The molecule has 0 saturated carbocycles. The standard InChI is InChI=1S/C20H18FN5O2/c1-13-2-4-14(5-3-13)11-26-12-22-20(24-26)23-19(27)18-10-17(25-28-18)15-6-8-16(21)9-7-15/h2-9,12,18H,10-11H2,1H3,(H,23,24,27). The highest BCUT2D eigenvalue weighted by Gasteiger charge is 2.29. The van der Waals surface area contributed by atoms with Gasteiger partial charge in [-0.05, 0) is 30.2 Å². The minimum absolute atomic E-state index is 0.205. The van der Waals surface area contributed by atoms with Gasteiger partial charge in [0.15, 0.2) is 0 Å². The Kier molecular flexibility index (Phi) is 4.84. The van der Waals surface area contributed by atoms with Crippen molar-refractivity contribution in [3.8, 4) is 0 Å². The van der Waals surface area contributed by atoms with E-state index in [0.717, 1.165) is 11.1 Å². The lowest BCUT2D eigenvalue weighted by Gasteiger charge is -2.06. The van der Waals surface area contributed by atoms with E-state index in [4.69, 9.17) is 4.84 Å². The van der Waals surface area contributed by atoms with Crippen molar-refractivity contribution in [2.45, 2.75) is 26.0 Å². The van der Waals surface area contributed by atoms with E-state index >= 15 is 0 Å². The monoisotopic (exact) mass is 379 g/mol. The fraction of sp³-hybridized carbons (Fsp3) is 0.200. The largest absolute Gasteiger partial charge is 0.382 e. The first-order valence-electron chi connectivity index (χ1n) is 8.81. The zero-order valence-electron chi connectivity index (χ0n) is 15.2. The number of halogens is 1. The van der Waals surface area contributed by atoms with Crippen LogP contribution in [-0.4, -0.2) is 32.5 Å². The molecule has 1 amide bonds. The quantitative estimate of drug-likeness (QED) is 0.739. The molecule has 2 heterocycles. The summed E-state index contributed by atoms with van der Waals surface area (Å²) in [4.78, 5) is 21.7. The summed E-state index contributed by atoms with van der Waals surface area (Å²) in [6, 6.07) is 14.0. The highest BCUT2D eigenvalue weighted by molar-refractivity contribution is 6.05. The first kappa shape index (κ1) is 17.8. The molecule has 0 spiro atoms. The molecule has 0 fully saturated rings. The normalized spacial score (nSPS) is 15.8. The summed E-state index contributed by atoms with van der Waals surface area (Å²) >= 11 is 0. The maximum Gasteiger partial charge on any atom is 0.271 e. The Morgan fingerprint density at radius 2 is 1.96 bits per heavy atom. The van der Waals surface area contributed by atoms with Crippen LogP contribution in [0.3, 0.4) is 0 Å². The van der Waals surface area contributed by atoms with Crippen LogP contribution in [0.2, 0.25) is 0 Å². The first-order valence-corrected chi connectivity index (χ1v) is 8.81. The molecule has 28 heavy (non-hydrogen) atoms. The fourth-order valence-corrected chi connectivity index (χ4v) is 2.83. The molecule has 0 saturated heterocycles. The van der Waals surface area contributed by atoms with Crippen molar-refractivity contribution in [3.63, 3.8) is 0 Å². The molecule has 1 atom stereocenters. The maximum absolute atomic E-state index is 13.0. The van der Waals surface area contributed by atoms with Crippen molar-refractivity contribution in [3.05, 3.63) is 77.4 Å². The van der Waals surface area contributed by atoms with E-state index in [2.05, 4.69) is 20.6 Å². The van der Waals surface area contributed by atoms with Gasteiger partial charge in [-0.1, -0.05) is 47.1 Å². The Labute approximate surface area is 160 Å². The third-order valence-electron chi connectivity index (χ3n) is 4.38. The Balaban J connectivity index is 1.34. The SMILES string of the molecule is Cc1ccc(Cn2cnc(NC(=O)C3CC(c4ccc(F)cc4)=NO3)n2)cc1. The number of carbonyl (C=O) groups is 1. The smallest absolute Gasteiger partial charge is 0.271 e. The van der Waals surface area contributed by atoms with Crippen LogP contribution in [0.1, 0.15) is 23.1 Å². The second-order valence-electron chi connectivity index (χ2n) is 6.58. The Hall–Kier alpha value is -3.55.